The van der Waals surface area contributed by atoms with E-state index in [4.69, 9.17) is 27.9 Å². The first-order valence-electron chi connectivity index (χ1n) is 7.34. The molecule has 0 aliphatic carbocycles. The summed E-state index contributed by atoms with van der Waals surface area (Å²) in [6.07, 6.45) is 0.114. The Morgan fingerprint density at radius 1 is 1.12 bits per heavy atom. The van der Waals surface area contributed by atoms with Crippen LogP contribution in [0.2, 0.25) is 10.0 Å². The van der Waals surface area contributed by atoms with Gasteiger partial charge in [-0.1, -0.05) is 29.3 Å². The van der Waals surface area contributed by atoms with E-state index in [0.29, 0.717) is 27.0 Å². The largest absolute Gasteiger partial charge is 0.496 e. The zero-order chi connectivity index (χ0) is 17.7. The Hall–Kier alpha value is -2.04. The Bertz CT molecular complexity index is 775. The number of halogens is 2. The van der Waals surface area contributed by atoms with E-state index >= 15 is 0 Å². The van der Waals surface area contributed by atoms with Crippen molar-refractivity contribution in [2.24, 2.45) is 0 Å². The summed E-state index contributed by atoms with van der Waals surface area (Å²) >= 11 is 11.9. The van der Waals surface area contributed by atoms with Crippen LogP contribution in [-0.4, -0.2) is 18.8 Å². The Morgan fingerprint density at radius 3 is 2.58 bits per heavy atom. The summed E-state index contributed by atoms with van der Waals surface area (Å²) in [5.41, 5.74) is 1.80. The molecular weight excluding hydrogens is 349 g/mol. The molecule has 0 heterocycles. The van der Waals surface area contributed by atoms with Crippen LogP contribution in [0.4, 0.5) is 5.69 Å². The number of benzene rings is 2. The number of hydrogen-bond acceptors (Lipinski definition) is 3. The standard InChI is InChI=1S/C18H17Cl2NO3/c1-11-14(20)4-3-5-15(11)21-18(23)9-7-16(22)13-10-12(19)6-8-17(13)24-2/h3-6,8,10H,7,9H2,1-2H3,(H,21,23). The maximum absolute atomic E-state index is 12.3. The highest BCUT2D eigenvalue weighted by Crippen LogP contribution is 2.25. The van der Waals surface area contributed by atoms with Gasteiger partial charge in [-0.15, -0.1) is 0 Å². The molecule has 0 fully saturated rings. The lowest BCUT2D eigenvalue weighted by Crippen LogP contribution is -2.14. The van der Waals surface area contributed by atoms with Crippen molar-refractivity contribution >= 4 is 40.6 Å². The molecular formula is C18H17Cl2NO3. The van der Waals surface area contributed by atoms with Gasteiger partial charge in [-0.2, -0.15) is 0 Å². The highest BCUT2D eigenvalue weighted by Gasteiger charge is 2.15. The summed E-state index contributed by atoms with van der Waals surface area (Å²) in [5.74, 6) is -0.0162. The molecule has 0 saturated carbocycles. The number of carbonyl (C=O) groups excluding carboxylic acids is 2. The molecule has 0 unspecified atom stereocenters. The molecule has 1 amide bonds. The van der Waals surface area contributed by atoms with Crippen molar-refractivity contribution in [3.63, 3.8) is 0 Å². The summed E-state index contributed by atoms with van der Waals surface area (Å²) < 4.78 is 5.16. The number of carbonyl (C=O) groups is 2. The lowest BCUT2D eigenvalue weighted by atomic mass is 10.1. The Morgan fingerprint density at radius 2 is 1.88 bits per heavy atom. The second-order valence-corrected chi connectivity index (χ2v) is 6.07. The summed E-state index contributed by atoms with van der Waals surface area (Å²) in [6, 6.07) is 10.1. The second kappa shape index (κ2) is 8.18. The monoisotopic (exact) mass is 365 g/mol. The average molecular weight is 366 g/mol. The van der Waals surface area contributed by atoms with E-state index in [-0.39, 0.29) is 24.5 Å². The van der Waals surface area contributed by atoms with Crippen molar-refractivity contribution in [1.82, 2.24) is 0 Å². The van der Waals surface area contributed by atoms with E-state index in [1.807, 2.05) is 6.92 Å². The van der Waals surface area contributed by atoms with Crippen molar-refractivity contribution in [2.45, 2.75) is 19.8 Å². The SMILES string of the molecule is COc1ccc(Cl)cc1C(=O)CCC(=O)Nc1cccc(Cl)c1C. The molecule has 0 saturated heterocycles. The third-order valence-electron chi connectivity index (χ3n) is 3.58. The third kappa shape index (κ3) is 4.49. The van der Waals surface area contributed by atoms with E-state index in [9.17, 15) is 9.59 Å². The fourth-order valence-corrected chi connectivity index (χ4v) is 2.56. The molecule has 126 valence electrons. The molecule has 0 aliphatic heterocycles. The van der Waals surface area contributed by atoms with Crippen LogP contribution in [-0.2, 0) is 4.79 Å². The molecule has 0 aromatic heterocycles. The Kier molecular flexibility index (Phi) is 6.23. The van der Waals surface area contributed by atoms with Crippen molar-refractivity contribution in [2.75, 3.05) is 12.4 Å². The van der Waals surface area contributed by atoms with Gasteiger partial charge in [0.25, 0.3) is 0 Å². The highest BCUT2D eigenvalue weighted by molar-refractivity contribution is 6.32. The molecule has 2 aromatic carbocycles. The van der Waals surface area contributed by atoms with Crippen LogP contribution in [0.3, 0.4) is 0 Å². The molecule has 2 aromatic rings. The number of anilines is 1. The van der Waals surface area contributed by atoms with Gasteiger partial charge in [0.1, 0.15) is 5.75 Å². The van der Waals surface area contributed by atoms with Crippen LogP contribution in [0.5, 0.6) is 5.75 Å². The average Bonchev–Trinajstić information content (AvgIpc) is 2.56. The van der Waals surface area contributed by atoms with Gasteiger partial charge in [-0.05, 0) is 42.8 Å². The van der Waals surface area contributed by atoms with Crippen molar-refractivity contribution in [3.8, 4) is 5.75 Å². The molecule has 1 N–H and O–H groups in total. The van der Waals surface area contributed by atoms with Gasteiger partial charge in [0, 0.05) is 28.6 Å². The minimum Gasteiger partial charge on any atom is -0.496 e. The number of methoxy groups -OCH3 is 1. The van der Waals surface area contributed by atoms with Crippen LogP contribution in [0.25, 0.3) is 0 Å². The van der Waals surface area contributed by atoms with Crippen LogP contribution < -0.4 is 10.1 Å². The smallest absolute Gasteiger partial charge is 0.224 e. The molecule has 0 spiro atoms. The number of hydrogen-bond donors (Lipinski definition) is 1. The zero-order valence-corrected chi connectivity index (χ0v) is 14.9. The predicted octanol–water partition coefficient (Wildman–Crippen LogP) is 4.91. The Balaban J connectivity index is 2.00. The first-order valence-corrected chi connectivity index (χ1v) is 8.09. The fourth-order valence-electron chi connectivity index (χ4n) is 2.22. The van der Waals surface area contributed by atoms with Gasteiger partial charge in [-0.3, -0.25) is 9.59 Å². The first-order chi connectivity index (χ1) is 11.4. The van der Waals surface area contributed by atoms with E-state index in [1.165, 1.54) is 7.11 Å². The van der Waals surface area contributed by atoms with Gasteiger partial charge in [0.05, 0.1) is 12.7 Å². The molecule has 0 aliphatic rings. The molecule has 2 rings (SSSR count). The molecule has 0 atom stereocenters. The first kappa shape index (κ1) is 18.3. The van der Waals surface area contributed by atoms with Crippen LogP contribution in [0.1, 0.15) is 28.8 Å². The van der Waals surface area contributed by atoms with E-state index in [2.05, 4.69) is 5.32 Å². The summed E-state index contributed by atoms with van der Waals surface area (Å²) in [6.45, 7) is 1.82. The van der Waals surface area contributed by atoms with Gasteiger partial charge < -0.3 is 10.1 Å². The molecule has 24 heavy (non-hydrogen) atoms. The quantitative estimate of drug-likeness (QED) is 0.739. The minimum atomic E-state index is -0.255. The molecule has 0 radical (unpaired) electrons. The highest BCUT2D eigenvalue weighted by atomic mass is 35.5. The lowest BCUT2D eigenvalue weighted by molar-refractivity contribution is -0.116. The maximum atomic E-state index is 12.3. The topological polar surface area (TPSA) is 55.4 Å². The molecule has 6 heteroatoms. The van der Waals surface area contributed by atoms with E-state index in [0.717, 1.165) is 5.56 Å². The zero-order valence-electron chi connectivity index (χ0n) is 13.4. The van der Waals surface area contributed by atoms with Crippen LogP contribution in [0.15, 0.2) is 36.4 Å². The van der Waals surface area contributed by atoms with Crippen molar-refractivity contribution in [3.05, 3.63) is 57.6 Å². The van der Waals surface area contributed by atoms with Crippen LogP contribution >= 0.6 is 23.2 Å². The number of nitrogens with one attached hydrogen (secondary N) is 1. The number of rotatable bonds is 6. The Labute approximate surface area is 150 Å². The normalized spacial score (nSPS) is 10.3. The minimum absolute atomic E-state index is 0.0560. The van der Waals surface area contributed by atoms with Crippen LogP contribution in [0, 0.1) is 6.92 Å². The second-order valence-electron chi connectivity index (χ2n) is 5.23. The summed E-state index contributed by atoms with van der Waals surface area (Å²) in [5, 5.41) is 3.78. The molecule has 0 bridgehead atoms. The predicted molar refractivity (Wildman–Crippen MR) is 96.4 cm³/mol. The third-order valence-corrected chi connectivity index (χ3v) is 4.23. The summed E-state index contributed by atoms with van der Waals surface area (Å²) in [7, 11) is 1.48. The van der Waals surface area contributed by atoms with Crippen molar-refractivity contribution < 1.29 is 14.3 Å². The van der Waals surface area contributed by atoms with Gasteiger partial charge in [-0.25, -0.2) is 0 Å². The van der Waals surface area contributed by atoms with E-state index < -0.39 is 0 Å². The lowest BCUT2D eigenvalue weighted by Gasteiger charge is -2.10. The molecule has 4 nitrogen and oxygen atoms in total. The number of amides is 1. The number of Topliss-reactive ketones (excluding diaryl/α,β-unsaturated/α-hetero) is 1. The number of ether oxygens (including phenoxy) is 1. The van der Waals surface area contributed by atoms with E-state index in [1.54, 1.807) is 36.4 Å². The van der Waals surface area contributed by atoms with Gasteiger partial charge >= 0.3 is 0 Å². The van der Waals surface area contributed by atoms with Gasteiger partial charge in [0.15, 0.2) is 5.78 Å². The summed E-state index contributed by atoms with van der Waals surface area (Å²) in [4.78, 5) is 24.4. The van der Waals surface area contributed by atoms with Crippen molar-refractivity contribution in [1.29, 1.82) is 0 Å². The fraction of sp³-hybridized carbons (Fsp3) is 0.222. The van der Waals surface area contributed by atoms with Gasteiger partial charge in [0.2, 0.25) is 5.91 Å². The number of ketones is 1. The maximum Gasteiger partial charge on any atom is 0.224 e.